The number of urea groups is 1. The molecule has 4 nitrogen and oxygen atoms in total. The predicted molar refractivity (Wildman–Crippen MR) is 71.5 cm³/mol. The Morgan fingerprint density at radius 2 is 1.84 bits per heavy atom. The molecular weight excluding hydrogens is 240 g/mol. The molecule has 1 aliphatic carbocycles. The fraction of sp³-hybridized carbons (Fsp3) is 0.333. The summed E-state index contributed by atoms with van der Waals surface area (Å²) in [6.07, 6.45) is 2.16. The molecule has 1 atom stereocenters. The van der Waals surface area contributed by atoms with E-state index in [1.165, 1.54) is 0 Å². The maximum atomic E-state index is 12.1. The number of benzene rings is 1. The molecule has 1 heterocycles. The van der Waals surface area contributed by atoms with Crippen LogP contribution in [0.1, 0.15) is 36.4 Å². The predicted octanol–water partition coefficient (Wildman–Crippen LogP) is 2.36. The summed E-state index contributed by atoms with van der Waals surface area (Å²) < 4.78 is 0. The Labute approximate surface area is 111 Å². The average Bonchev–Trinajstić information content (AvgIpc) is 2.38. The fourth-order valence-corrected chi connectivity index (χ4v) is 2.71. The number of rotatable bonds is 1. The van der Waals surface area contributed by atoms with Crippen LogP contribution in [0.3, 0.4) is 0 Å². The van der Waals surface area contributed by atoms with Gasteiger partial charge in [-0.05, 0) is 25.3 Å². The van der Waals surface area contributed by atoms with Crippen LogP contribution in [0.5, 0.6) is 0 Å². The smallest absolute Gasteiger partial charge is 0.319 e. The number of ketones is 1. The highest BCUT2D eigenvalue weighted by Crippen LogP contribution is 2.33. The van der Waals surface area contributed by atoms with Gasteiger partial charge in [-0.25, -0.2) is 4.79 Å². The Morgan fingerprint density at radius 1 is 1.11 bits per heavy atom. The first-order valence-electron chi connectivity index (χ1n) is 6.55. The van der Waals surface area contributed by atoms with Gasteiger partial charge in [0, 0.05) is 17.7 Å². The summed E-state index contributed by atoms with van der Waals surface area (Å²) in [4.78, 5) is 23.8. The third kappa shape index (κ3) is 2.14. The van der Waals surface area contributed by atoms with Crippen molar-refractivity contribution in [2.24, 2.45) is 0 Å². The van der Waals surface area contributed by atoms with E-state index in [9.17, 15) is 9.59 Å². The van der Waals surface area contributed by atoms with Crippen LogP contribution >= 0.6 is 0 Å². The molecule has 0 radical (unpaired) electrons. The number of hydrogen-bond acceptors (Lipinski definition) is 2. The van der Waals surface area contributed by atoms with Gasteiger partial charge in [0.15, 0.2) is 5.78 Å². The van der Waals surface area contributed by atoms with E-state index in [4.69, 9.17) is 0 Å². The lowest BCUT2D eigenvalue weighted by Gasteiger charge is -2.32. The Morgan fingerprint density at radius 3 is 2.58 bits per heavy atom. The number of nitrogens with one attached hydrogen (secondary N) is 2. The molecule has 0 saturated carbocycles. The van der Waals surface area contributed by atoms with E-state index in [1.807, 2.05) is 31.2 Å². The second-order valence-electron chi connectivity index (χ2n) is 5.11. The molecule has 0 fully saturated rings. The number of aryl methyl sites for hydroxylation is 1. The highest BCUT2D eigenvalue weighted by Gasteiger charge is 2.34. The number of Topliss-reactive ketones (excluding diaryl/α,β-unsaturated/α-hetero) is 1. The van der Waals surface area contributed by atoms with Crippen LogP contribution in [0.4, 0.5) is 4.79 Å². The van der Waals surface area contributed by atoms with E-state index < -0.39 is 0 Å². The van der Waals surface area contributed by atoms with Crippen LogP contribution in [0.15, 0.2) is 35.5 Å². The van der Waals surface area contributed by atoms with Crippen LogP contribution in [-0.2, 0) is 4.79 Å². The number of carbonyl (C=O) groups is 2. The Bertz CT molecular complexity index is 572. The molecule has 1 aromatic rings. The summed E-state index contributed by atoms with van der Waals surface area (Å²) in [7, 11) is 0. The molecule has 0 bridgehead atoms. The van der Waals surface area contributed by atoms with Gasteiger partial charge in [0.2, 0.25) is 0 Å². The molecular formula is C15H16N2O2. The van der Waals surface area contributed by atoms with E-state index in [-0.39, 0.29) is 17.9 Å². The summed E-state index contributed by atoms with van der Waals surface area (Å²) in [6, 6.07) is 7.40. The monoisotopic (exact) mass is 256 g/mol. The zero-order valence-electron chi connectivity index (χ0n) is 10.8. The maximum Gasteiger partial charge on any atom is 0.319 e. The van der Waals surface area contributed by atoms with Crippen molar-refractivity contribution in [3.05, 3.63) is 46.7 Å². The Hall–Kier alpha value is -2.10. The zero-order chi connectivity index (χ0) is 13.4. The van der Waals surface area contributed by atoms with E-state index in [0.717, 1.165) is 35.2 Å². The second-order valence-corrected chi connectivity index (χ2v) is 5.11. The first-order chi connectivity index (χ1) is 9.15. The van der Waals surface area contributed by atoms with Gasteiger partial charge >= 0.3 is 6.03 Å². The summed E-state index contributed by atoms with van der Waals surface area (Å²) in [5, 5.41) is 5.62. The van der Waals surface area contributed by atoms with Crippen molar-refractivity contribution >= 4 is 11.8 Å². The molecule has 2 aliphatic rings. The van der Waals surface area contributed by atoms with Gasteiger partial charge in [-0.2, -0.15) is 0 Å². The van der Waals surface area contributed by atoms with Gasteiger partial charge in [0.25, 0.3) is 0 Å². The minimum atomic E-state index is -0.308. The molecule has 3 rings (SSSR count). The molecule has 0 saturated heterocycles. The van der Waals surface area contributed by atoms with Crippen molar-refractivity contribution in [1.29, 1.82) is 0 Å². The van der Waals surface area contributed by atoms with Gasteiger partial charge in [-0.3, -0.25) is 4.79 Å². The molecule has 2 N–H and O–H groups in total. The van der Waals surface area contributed by atoms with Crippen molar-refractivity contribution in [3.8, 4) is 0 Å². The molecule has 0 spiro atoms. The molecule has 98 valence electrons. The molecule has 0 unspecified atom stereocenters. The van der Waals surface area contributed by atoms with Crippen LogP contribution in [-0.4, -0.2) is 11.8 Å². The van der Waals surface area contributed by atoms with Crippen molar-refractivity contribution in [3.63, 3.8) is 0 Å². The maximum absolute atomic E-state index is 12.1. The average molecular weight is 256 g/mol. The van der Waals surface area contributed by atoms with Gasteiger partial charge < -0.3 is 10.6 Å². The molecule has 1 aliphatic heterocycles. The first kappa shape index (κ1) is 12.0. The molecule has 1 aromatic carbocycles. The minimum Gasteiger partial charge on any atom is -0.327 e. The van der Waals surface area contributed by atoms with Gasteiger partial charge in [0.1, 0.15) is 0 Å². The number of carbonyl (C=O) groups excluding carboxylic acids is 2. The SMILES string of the molecule is Cc1ccc([C@@H]2NC(=O)NC3=C2C(=O)CCC3)cc1. The summed E-state index contributed by atoms with van der Waals surface area (Å²) in [5.41, 5.74) is 3.65. The second kappa shape index (κ2) is 4.53. The summed E-state index contributed by atoms with van der Waals surface area (Å²) in [6.45, 7) is 2.02. The standard InChI is InChI=1S/C15H16N2O2/c1-9-5-7-10(8-6-9)14-13-11(16-15(19)17-14)3-2-4-12(13)18/h5-8,14H,2-4H2,1H3,(H2,16,17,19)/t14-/m0/s1. The van der Waals surface area contributed by atoms with Gasteiger partial charge in [-0.1, -0.05) is 29.8 Å². The van der Waals surface area contributed by atoms with Crippen LogP contribution in [0.2, 0.25) is 0 Å². The van der Waals surface area contributed by atoms with E-state index in [2.05, 4.69) is 10.6 Å². The number of allylic oxidation sites excluding steroid dienone is 1. The van der Waals surface area contributed by atoms with Gasteiger partial charge in [0.05, 0.1) is 6.04 Å². The van der Waals surface area contributed by atoms with Crippen LogP contribution in [0, 0.1) is 6.92 Å². The van der Waals surface area contributed by atoms with Crippen molar-refractivity contribution in [2.45, 2.75) is 32.2 Å². The van der Waals surface area contributed by atoms with E-state index in [1.54, 1.807) is 0 Å². The van der Waals surface area contributed by atoms with E-state index in [0.29, 0.717) is 6.42 Å². The highest BCUT2D eigenvalue weighted by molar-refractivity contribution is 6.00. The third-order valence-corrected chi connectivity index (χ3v) is 3.70. The lowest BCUT2D eigenvalue weighted by Crippen LogP contribution is -2.46. The molecule has 0 aromatic heterocycles. The Kier molecular flexibility index (Phi) is 2.85. The molecule has 2 amide bonds. The molecule has 19 heavy (non-hydrogen) atoms. The van der Waals surface area contributed by atoms with Gasteiger partial charge in [-0.15, -0.1) is 0 Å². The summed E-state index contributed by atoms with van der Waals surface area (Å²) in [5.74, 6) is 0.138. The lowest BCUT2D eigenvalue weighted by atomic mass is 9.85. The van der Waals surface area contributed by atoms with Crippen molar-refractivity contribution in [2.75, 3.05) is 0 Å². The lowest BCUT2D eigenvalue weighted by molar-refractivity contribution is -0.116. The quantitative estimate of drug-likeness (QED) is 0.810. The molecule has 4 heteroatoms. The van der Waals surface area contributed by atoms with Crippen molar-refractivity contribution in [1.82, 2.24) is 10.6 Å². The first-order valence-corrected chi connectivity index (χ1v) is 6.55. The van der Waals surface area contributed by atoms with Crippen LogP contribution in [0.25, 0.3) is 0 Å². The Balaban J connectivity index is 2.05. The largest absolute Gasteiger partial charge is 0.327 e. The minimum absolute atomic E-state index is 0.138. The fourth-order valence-electron chi connectivity index (χ4n) is 2.71. The van der Waals surface area contributed by atoms with Crippen molar-refractivity contribution < 1.29 is 9.59 Å². The normalized spacial score (nSPS) is 22.7. The zero-order valence-corrected chi connectivity index (χ0v) is 10.8. The number of hydrogen-bond donors (Lipinski definition) is 2. The summed E-state index contributed by atoms with van der Waals surface area (Å²) >= 11 is 0. The third-order valence-electron chi connectivity index (χ3n) is 3.70. The van der Waals surface area contributed by atoms with Crippen LogP contribution < -0.4 is 10.6 Å². The number of amides is 2. The van der Waals surface area contributed by atoms with E-state index >= 15 is 0 Å². The topological polar surface area (TPSA) is 58.2 Å². The highest BCUT2D eigenvalue weighted by atomic mass is 16.2.